The number of carboxylic acids is 1. The molecule has 0 bridgehead atoms. The molecule has 1 aromatic carbocycles. The molecule has 0 aliphatic heterocycles. The van der Waals surface area contributed by atoms with Crippen LogP contribution in [0.25, 0.3) is 0 Å². The second kappa shape index (κ2) is 7.13. The maximum Gasteiger partial charge on any atom is 0.313 e. The average molecular weight is 332 g/mol. The van der Waals surface area contributed by atoms with Gasteiger partial charge in [-0.25, -0.2) is 4.39 Å². The van der Waals surface area contributed by atoms with Gasteiger partial charge in [0.15, 0.2) is 0 Å². The molecule has 0 radical (unpaired) electrons. The van der Waals surface area contributed by atoms with Gasteiger partial charge in [-0.1, -0.05) is 17.7 Å². The fourth-order valence-corrected chi connectivity index (χ4v) is 3.07. The smallest absolute Gasteiger partial charge is 0.313 e. The van der Waals surface area contributed by atoms with E-state index >= 15 is 0 Å². The summed E-state index contributed by atoms with van der Waals surface area (Å²) in [4.78, 5) is 22.2. The lowest BCUT2D eigenvalue weighted by Crippen LogP contribution is -2.27. The van der Waals surface area contributed by atoms with E-state index in [-0.39, 0.29) is 29.3 Å². The maximum atomic E-state index is 13.7. The Kier molecular flexibility index (Phi) is 5.47. The van der Waals surface area contributed by atoms with E-state index in [9.17, 15) is 14.0 Å². The van der Waals surface area contributed by atoms with Crippen LogP contribution in [0.15, 0.2) is 18.2 Å². The Labute approximate surface area is 131 Å². The van der Waals surface area contributed by atoms with E-state index in [0.717, 1.165) is 0 Å². The molecular weight excluding hydrogens is 317 g/mol. The Morgan fingerprint density at radius 3 is 2.90 bits per heavy atom. The van der Waals surface area contributed by atoms with Gasteiger partial charge in [0.25, 0.3) is 0 Å². The molecule has 4 nitrogen and oxygen atoms in total. The van der Waals surface area contributed by atoms with Gasteiger partial charge in [-0.15, -0.1) is 11.8 Å². The molecule has 2 atom stereocenters. The van der Waals surface area contributed by atoms with Crippen LogP contribution in [0, 0.1) is 11.7 Å². The normalized spacial score (nSPS) is 20.1. The van der Waals surface area contributed by atoms with Gasteiger partial charge in [-0.05, 0) is 18.6 Å². The van der Waals surface area contributed by atoms with Crippen LogP contribution in [0.3, 0.4) is 0 Å². The Morgan fingerprint density at radius 1 is 1.48 bits per heavy atom. The van der Waals surface area contributed by atoms with Gasteiger partial charge >= 0.3 is 5.97 Å². The Morgan fingerprint density at radius 2 is 2.24 bits per heavy atom. The first-order valence-electron chi connectivity index (χ1n) is 6.52. The van der Waals surface area contributed by atoms with Crippen molar-refractivity contribution in [3.05, 3.63) is 34.6 Å². The van der Waals surface area contributed by atoms with Gasteiger partial charge in [-0.3, -0.25) is 9.59 Å². The summed E-state index contributed by atoms with van der Waals surface area (Å²) in [5, 5.41) is 11.6. The maximum absolute atomic E-state index is 13.7. The van der Waals surface area contributed by atoms with Crippen LogP contribution >= 0.6 is 23.4 Å². The number of hydrogen-bond donors (Lipinski definition) is 2. The molecule has 1 saturated carbocycles. The predicted molar refractivity (Wildman–Crippen MR) is 80.2 cm³/mol. The summed E-state index contributed by atoms with van der Waals surface area (Å²) in [6, 6.07) is 4.51. The molecule has 1 aliphatic rings. The van der Waals surface area contributed by atoms with Crippen molar-refractivity contribution in [2.75, 3.05) is 18.1 Å². The number of amides is 1. The van der Waals surface area contributed by atoms with Gasteiger partial charge in [0, 0.05) is 34.7 Å². The highest BCUT2D eigenvalue weighted by Gasteiger charge is 2.46. The van der Waals surface area contributed by atoms with Crippen molar-refractivity contribution in [1.82, 2.24) is 5.32 Å². The van der Waals surface area contributed by atoms with E-state index in [4.69, 9.17) is 16.7 Å². The lowest BCUT2D eigenvalue weighted by Gasteiger charge is -2.06. The molecule has 0 heterocycles. The van der Waals surface area contributed by atoms with Gasteiger partial charge in [-0.2, -0.15) is 0 Å². The molecule has 0 spiro atoms. The summed E-state index contributed by atoms with van der Waals surface area (Å²) in [5.41, 5.74) is 0.416. The van der Waals surface area contributed by atoms with Crippen LogP contribution in [0.4, 0.5) is 4.39 Å². The number of hydrogen-bond acceptors (Lipinski definition) is 3. The van der Waals surface area contributed by atoms with E-state index in [1.165, 1.54) is 23.9 Å². The third kappa shape index (κ3) is 4.35. The van der Waals surface area contributed by atoms with Crippen LogP contribution in [0.2, 0.25) is 5.02 Å². The third-order valence-electron chi connectivity index (χ3n) is 3.27. The number of thioether (sulfide) groups is 1. The molecule has 114 valence electrons. The summed E-state index contributed by atoms with van der Waals surface area (Å²) >= 11 is 7.22. The zero-order valence-electron chi connectivity index (χ0n) is 11.1. The number of carbonyl (C=O) groups excluding carboxylic acids is 1. The number of halogens is 2. The molecule has 21 heavy (non-hydrogen) atoms. The zero-order chi connectivity index (χ0) is 15.4. The van der Waals surface area contributed by atoms with Crippen molar-refractivity contribution in [2.45, 2.75) is 12.3 Å². The summed E-state index contributed by atoms with van der Waals surface area (Å²) < 4.78 is 13.7. The number of nitrogens with one attached hydrogen (secondary N) is 1. The summed E-state index contributed by atoms with van der Waals surface area (Å²) in [6.07, 6.45) is 0.592. The molecule has 2 rings (SSSR count). The highest BCUT2D eigenvalue weighted by atomic mass is 35.5. The van der Waals surface area contributed by atoms with Crippen molar-refractivity contribution < 1.29 is 19.1 Å². The Hall–Kier alpha value is -1.27. The van der Waals surface area contributed by atoms with Gasteiger partial charge in [0.1, 0.15) is 5.82 Å². The molecule has 1 fully saturated rings. The van der Waals surface area contributed by atoms with Crippen molar-refractivity contribution in [1.29, 1.82) is 0 Å². The van der Waals surface area contributed by atoms with E-state index < -0.39 is 5.97 Å². The summed E-state index contributed by atoms with van der Waals surface area (Å²) in [5.74, 6) is -1.23. The van der Waals surface area contributed by atoms with E-state index in [0.29, 0.717) is 29.3 Å². The fraction of sp³-hybridized carbons (Fsp3) is 0.429. The van der Waals surface area contributed by atoms with Crippen LogP contribution < -0.4 is 5.32 Å². The number of benzene rings is 1. The highest BCUT2D eigenvalue weighted by Crippen LogP contribution is 2.50. The first-order chi connectivity index (χ1) is 10.0. The SMILES string of the molecule is O=C(O)CSCCNC(=O)C1CC1c1c(F)cccc1Cl. The zero-order valence-corrected chi connectivity index (χ0v) is 12.7. The summed E-state index contributed by atoms with van der Waals surface area (Å²) in [6.45, 7) is 0.408. The standard InChI is InChI=1S/C14H15ClFNO3S/c15-10-2-1-3-11(16)13(10)8-6-9(8)14(20)17-4-5-21-7-12(18)19/h1-3,8-9H,4-7H2,(H,17,20)(H,18,19). The van der Waals surface area contributed by atoms with Crippen molar-refractivity contribution in [3.63, 3.8) is 0 Å². The monoisotopic (exact) mass is 331 g/mol. The predicted octanol–water partition coefficient (Wildman–Crippen LogP) is 2.52. The molecule has 1 aromatic rings. The topological polar surface area (TPSA) is 66.4 Å². The van der Waals surface area contributed by atoms with Crippen LogP contribution in [-0.4, -0.2) is 35.0 Å². The molecule has 0 aromatic heterocycles. The van der Waals surface area contributed by atoms with Crippen molar-refractivity contribution in [3.8, 4) is 0 Å². The van der Waals surface area contributed by atoms with E-state index in [2.05, 4.69) is 5.32 Å². The molecule has 1 aliphatic carbocycles. The van der Waals surface area contributed by atoms with Crippen molar-refractivity contribution in [2.24, 2.45) is 5.92 Å². The number of aliphatic carboxylic acids is 1. The first kappa shape index (κ1) is 16.1. The van der Waals surface area contributed by atoms with Crippen molar-refractivity contribution >= 4 is 35.2 Å². The number of rotatable bonds is 7. The lowest BCUT2D eigenvalue weighted by molar-refractivity contribution is -0.133. The van der Waals surface area contributed by atoms with E-state index in [1.807, 2.05) is 0 Å². The molecule has 2 N–H and O–H groups in total. The summed E-state index contributed by atoms with van der Waals surface area (Å²) in [7, 11) is 0. The average Bonchev–Trinajstić information content (AvgIpc) is 3.18. The minimum absolute atomic E-state index is 0.0206. The molecule has 7 heteroatoms. The minimum Gasteiger partial charge on any atom is -0.481 e. The van der Waals surface area contributed by atoms with Crippen LogP contribution in [-0.2, 0) is 9.59 Å². The minimum atomic E-state index is -0.872. The lowest BCUT2D eigenvalue weighted by atomic mass is 10.1. The van der Waals surface area contributed by atoms with E-state index in [1.54, 1.807) is 6.07 Å². The second-order valence-corrected chi connectivity index (χ2v) is 6.33. The first-order valence-corrected chi connectivity index (χ1v) is 8.05. The van der Waals surface area contributed by atoms with Crippen LogP contribution in [0.5, 0.6) is 0 Å². The molecule has 1 amide bonds. The highest BCUT2D eigenvalue weighted by molar-refractivity contribution is 7.99. The van der Waals surface area contributed by atoms with Gasteiger partial charge in [0.2, 0.25) is 5.91 Å². The number of carbonyl (C=O) groups is 2. The Balaban J connectivity index is 1.78. The third-order valence-corrected chi connectivity index (χ3v) is 4.54. The van der Waals surface area contributed by atoms with Crippen LogP contribution in [0.1, 0.15) is 17.9 Å². The largest absolute Gasteiger partial charge is 0.481 e. The van der Waals surface area contributed by atoms with Gasteiger partial charge < -0.3 is 10.4 Å². The quantitative estimate of drug-likeness (QED) is 0.753. The molecule has 2 unspecified atom stereocenters. The fourth-order valence-electron chi connectivity index (χ4n) is 2.21. The second-order valence-electron chi connectivity index (χ2n) is 4.82. The Bertz CT molecular complexity index is 535. The van der Waals surface area contributed by atoms with Gasteiger partial charge in [0.05, 0.1) is 5.75 Å². The molecule has 0 saturated heterocycles. The number of carboxylic acid groups (broad SMARTS) is 1. The molecular formula is C14H15ClFNO3S.